The van der Waals surface area contributed by atoms with Gasteiger partial charge in [0.05, 0.1) is 16.6 Å². The van der Waals surface area contributed by atoms with E-state index in [0.29, 0.717) is 5.95 Å². The van der Waals surface area contributed by atoms with Gasteiger partial charge in [0.2, 0.25) is 5.95 Å². The smallest absolute Gasteiger partial charge is 0.235 e. The Labute approximate surface area is 228 Å². The highest BCUT2D eigenvalue weighted by atomic mass is 32.2. The molecule has 5 heterocycles. The van der Waals surface area contributed by atoms with Crippen LogP contribution in [0.15, 0.2) is 101 Å². The molecule has 9 rings (SSSR count). The van der Waals surface area contributed by atoms with Crippen LogP contribution >= 0.6 is 11.8 Å². The largest absolute Gasteiger partial charge is 0.278 e. The van der Waals surface area contributed by atoms with Crippen LogP contribution < -0.4 is 0 Å². The molecule has 0 amide bonds. The van der Waals surface area contributed by atoms with Crippen molar-refractivity contribution in [2.24, 2.45) is 0 Å². The summed E-state index contributed by atoms with van der Waals surface area (Å²) in [6, 6.07) is 25.9. The molecule has 0 fully saturated rings. The summed E-state index contributed by atoms with van der Waals surface area (Å²) in [7, 11) is 0. The summed E-state index contributed by atoms with van der Waals surface area (Å²) in [6.45, 7) is 4.63. The lowest BCUT2D eigenvalue weighted by Crippen LogP contribution is -2.15. The molecule has 4 aromatic heterocycles. The quantitative estimate of drug-likeness (QED) is 0.220. The second-order valence-electron chi connectivity index (χ2n) is 10.8. The Bertz CT molecular complexity index is 2190. The highest BCUT2D eigenvalue weighted by Gasteiger charge is 2.36. The van der Waals surface area contributed by atoms with Crippen molar-refractivity contribution in [1.82, 2.24) is 24.5 Å². The molecule has 0 N–H and O–H groups in total. The Morgan fingerprint density at radius 1 is 0.718 bits per heavy atom. The molecule has 0 atom stereocenters. The first-order chi connectivity index (χ1) is 19.1. The van der Waals surface area contributed by atoms with Crippen LogP contribution in [0.1, 0.15) is 25.0 Å². The minimum absolute atomic E-state index is 0.106. The third-order valence-electron chi connectivity index (χ3n) is 8.36. The number of fused-ring (bicyclic) bond motifs is 8. The minimum Gasteiger partial charge on any atom is -0.278 e. The van der Waals surface area contributed by atoms with Gasteiger partial charge in [-0.05, 0) is 64.7 Å². The maximum Gasteiger partial charge on any atom is 0.235 e. The van der Waals surface area contributed by atoms with E-state index < -0.39 is 0 Å². The SMILES string of the molecule is CC1(C)c2ccccc2-c2cc3c4cnccc4n(-c4nc5c6c(cccc6n4)Sc4cccnc4-5)c3cc21. The van der Waals surface area contributed by atoms with Gasteiger partial charge in [-0.2, -0.15) is 0 Å². The van der Waals surface area contributed by atoms with Crippen LogP contribution in [0.25, 0.3) is 61.2 Å². The fourth-order valence-electron chi connectivity index (χ4n) is 6.54. The minimum atomic E-state index is -0.106. The molecule has 0 spiro atoms. The van der Waals surface area contributed by atoms with Crippen molar-refractivity contribution in [3.63, 3.8) is 0 Å². The molecule has 0 saturated carbocycles. The van der Waals surface area contributed by atoms with E-state index in [1.807, 2.05) is 24.7 Å². The number of pyridine rings is 2. The van der Waals surface area contributed by atoms with Crippen molar-refractivity contribution < 1.29 is 0 Å². The van der Waals surface area contributed by atoms with Gasteiger partial charge in [-0.3, -0.25) is 14.5 Å². The lowest BCUT2D eigenvalue weighted by molar-refractivity contribution is 0.661. The Morgan fingerprint density at radius 2 is 1.62 bits per heavy atom. The summed E-state index contributed by atoms with van der Waals surface area (Å²) < 4.78 is 2.21. The number of nitrogens with zero attached hydrogens (tertiary/aromatic N) is 5. The van der Waals surface area contributed by atoms with Gasteiger partial charge in [0, 0.05) is 50.0 Å². The molecular formula is C33H21N5S. The Morgan fingerprint density at radius 3 is 2.56 bits per heavy atom. The van der Waals surface area contributed by atoms with E-state index in [1.165, 1.54) is 27.1 Å². The van der Waals surface area contributed by atoms with E-state index in [9.17, 15) is 0 Å². The van der Waals surface area contributed by atoms with Crippen LogP contribution in [0.5, 0.6) is 0 Å². The van der Waals surface area contributed by atoms with Crippen LogP contribution in [0, 0.1) is 0 Å². The highest BCUT2D eigenvalue weighted by molar-refractivity contribution is 7.99. The Balaban J connectivity index is 1.41. The van der Waals surface area contributed by atoms with Gasteiger partial charge in [0.1, 0.15) is 11.4 Å². The summed E-state index contributed by atoms with van der Waals surface area (Å²) in [6.07, 6.45) is 5.65. The predicted octanol–water partition coefficient (Wildman–Crippen LogP) is 7.95. The van der Waals surface area contributed by atoms with Gasteiger partial charge < -0.3 is 0 Å². The van der Waals surface area contributed by atoms with Crippen molar-refractivity contribution in [2.75, 3.05) is 0 Å². The molecule has 1 aliphatic heterocycles. The van der Waals surface area contributed by atoms with E-state index in [-0.39, 0.29) is 5.41 Å². The van der Waals surface area contributed by atoms with E-state index >= 15 is 0 Å². The molecule has 184 valence electrons. The van der Waals surface area contributed by atoms with Crippen LogP contribution in [0.4, 0.5) is 0 Å². The summed E-state index contributed by atoms with van der Waals surface area (Å²) in [5.41, 5.74) is 10.0. The molecule has 0 radical (unpaired) electrons. The van der Waals surface area contributed by atoms with Gasteiger partial charge in [-0.1, -0.05) is 55.9 Å². The second kappa shape index (κ2) is 7.30. The summed E-state index contributed by atoms with van der Waals surface area (Å²) >= 11 is 1.73. The number of benzene rings is 3. The number of hydrogen-bond acceptors (Lipinski definition) is 5. The van der Waals surface area contributed by atoms with Gasteiger partial charge in [0.15, 0.2) is 0 Å². The fourth-order valence-corrected chi connectivity index (χ4v) is 7.62. The van der Waals surface area contributed by atoms with Crippen molar-refractivity contribution in [2.45, 2.75) is 29.1 Å². The monoisotopic (exact) mass is 519 g/mol. The molecule has 3 aromatic carbocycles. The Hall–Kier alpha value is -4.55. The van der Waals surface area contributed by atoms with Crippen LogP contribution in [-0.4, -0.2) is 24.5 Å². The van der Waals surface area contributed by atoms with Gasteiger partial charge >= 0.3 is 0 Å². The highest BCUT2D eigenvalue weighted by Crippen LogP contribution is 2.51. The summed E-state index contributed by atoms with van der Waals surface area (Å²) in [4.78, 5) is 21.9. The molecule has 6 heteroatoms. The Kier molecular flexibility index (Phi) is 4.01. The van der Waals surface area contributed by atoms with E-state index in [0.717, 1.165) is 49.0 Å². The van der Waals surface area contributed by atoms with Gasteiger partial charge in [-0.25, -0.2) is 9.97 Å². The van der Waals surface area contributed by atoms with Crippen molar-refractivity contribution in [3.8, 4) is 28.5 Å². The average Bonchev–Trinajstić information content (AvgIpc) is 3.41. The maximum atomic E-state index is 5.24. The third-order valence-corrected chi connectivity index (χ3v) is 9.47. The third kappa shape index (κ3) is 2.71. The zero-order chi connectivity index (χ0) is 25.9. The predicted molar refractivity (Wildman–Crippen MR) is 157 cm³/mol. The standard InChI is InChI=1S/C33H21N5S/c1-33(2)22-8-4-3-7-18(22)19-15-20-21-17-34-14-12-25(21)38(26(20)16-23(19)33)32-36-24-9-5-10-27-29(24)31(37-32)30-28(39-27)11-6-13-35-30/h3-17H,1-2H3. The first kappa shape index (κ1) is 21.4. The fraction of sp³-hybridized carbons (Fsp3) is 0.0909. The van der Waals surface area contributed by atoms with E-state index in [2.05, 4.69) is 90.1 Å². The molecule has 0 unspecified atom stereocenters. The van der Waals surface area contributed by atoms with Crippen molar-refractivity contribution >= 4 is 44.5 Å². The first-order valence-electron chi connectivity index (χ1n) is 13.1. The topological polar surface area (TPSA) is 56.5 Å². The van der Waals surface area contributed by atoms with Crippen LogP contribution in [0.2, 0.25) is 0 Å². The van der Waals surface area contributed by atoms with E-state index in [4.69, 9.17) is 15.0 Å². The molecular weight excluding hydrogens is 498 g/mol. The van der Waals surface area contributed by atoms with Crippen molar-refractivity contribution in [3.05, 3.63) is 103 Å². The first-order valence-corrected chi connectivity index (χ1v) is 13.9. The normalized spacial score (nSPS) is 14.5. The van der Waals surface area contributed by atoms with Crippen LogP contribution in [0.3, 0.4) is 0 Å². The molecule has 5 nitrogen and oxygen atoms in total. The summed E-state index contributed by atoms with van der Waals surface area (Å²) in [5.74, 6) is 0.651. The van der Waals surface area contributed by atoms with Gasteiger partial charge in [0.25, 0.3) is 0 Å². The van der Waals surface area contributed by atoms with Crippen molar-refractivity contribution in [1.29, 1.82) is 0 Å². The molecule has 0 bridgehead atoms. The van der Waals surface area contributed by atoms with Crippen LogP contribution in [-0.2, 0) is 5.41 Å². The zero-order valence-corrected chi connectivity index (χ0v) is 22.1. The molecule has 7 aromatic rings. The number of hydrogen-bond donors (Lipinski definition) is 0. The lowest BCUT2D eigenvalue weighted by atomic mass is 9.82. The van der Waals surface area contributed by atoms with Gasteiger partial charge in [-0.15, -0.1) is 0 Å². The zero-order valence-electron chi connectivity index (χ0n) is 21.3. The lowest BCUT2D eigenvalue weighted by Gasteiger charge is -2.22. The average molecular weight is 520 g/mol. The maximum absolute atomic E-state index is 5.24. The van der Waals surface area contributed by atoms with E-state index in [1.54, 1.807) is 11.8 Å². The molecule has 0 saturated heterocycles. The molecule has 39 heavy (non-hydrogen) atoms. The molecule has 2 aliphatic rings. The summed E-state index contributed by atoms with van der Waals surface area (Å²) in [5, 5.41) is 3.32. The number of rotatable bonds is 1. The number of aromatic nitrogens is 5. The second-order valence-corrected chi connectivity index (χ2v) is 11.9. The molecule has 1 aliphatic carbocycles.